The number of amides is 1. The van der Waals surface area contributed by atoms with Crippen LogP contribution in [-0.4, -0.2) is 171 Å². The van der Waals surface area contributed by atoms with Crippen LogP contribution in [0.2, 0.25) is 0 Å². The largest absolute Gasteiger partial charge is 0.394 e. The molecule has 2 aliphatic heterocycles. The van der Waals surface area contributed by atoms with Gasteiger partial charge in [0, 0.05) is 31.5 Å². The van der Waals surface area contributed by atoms with Crippen LogP contribution in [0.1, 0.15) is 25.7 Å². The summed E-state index contributed by atoms with van der Waals surface area (Å²) >= 11 is 0. The van der Waals surface area contributed by atoms with Gasteiger partial charge in [0.1, 0.15) is 60.5 Å². The predicted octanol–water partition coefficient (Wildman–Crippen LogP) is -8.34. The number of aliphatic hydroxyl groups is 7. The van der Waals surface area contributed by atoms with Crippen LogP contribution in [0, 0.1) is 0 Å². The highest BCUT2D eigenvalue weighted by Crippen LogP contribution is 2.34. The van der Waals surface area contributed by atoms with E-state index in [9.17, 15) is 40.5 Å². The lowest BCUT2D eigenvalue weighted by Gasteiger charge is -2.49. The zero-order chi connectivity index (χ0) is 33.2. The molecule has 0 aromatic carbocycles. The van der Waals surface area contributed by atoms with Crippen LogP contribution in [0.25, 0.3) is 0 Å². The molecule has 0 bridgehead atoms. The topological polar surface area (TPSA) is 350 Å². The molecule has 1 unspecified atom stereocenters. The van der Waals surface area contributed by atoms with Gasteiger partial charge in [-0.15, -0.1) is 0 Å². The lowest BCUT2D eigenvalue weighted by Crippen LogP contribution is -2.71. The third-order valence-corrected chi connectivity index (χ3v) is 9.13. The Balaban J connectivity index is 1.53. The number of ether oxygens (including phenoxy) is 4. The predicted molar refractivity (Wildman–Crippen MR) is 153 cm³/mol. The molecule has 2 heterocycles. The molecule has 15 atom stereocenters. The Morgan fingerprint density at radius 2 is 1.49 bits per heavy atom. The number of nitrogens with one attached hydrogen (secondary N) is 2. The molecule has 45 heavy (non-hydrogen) atoms. The van der Waals surface area contributed by atoms with Gasteiger partial charge >= 0.3 is 0 Å². The second-order valence-electron chi connectivity index (χ2n) is 12.6. The summed E-state index contributed by atoms with van der Waals surface area (Å²) in [5, 5.41) is 79.8. The Hall–Kier alpha value is -1.21. The summed E-state index contributed by atoms with van der Waals surface area (Å²) in [6, 6.07) is -4.97. The van der Waals surface area contributed by atoms with Gasteiger partial charge in [-0.05, 0) is 25.9 Å². The highest BCUT2D eigenvalue weighted by Gasteiger charge is 2.54. The number of hydrogen-bond acceptors (Lipinski definition) is 18. The maximum atomic E-state index is 13.0. The van der Waals surface area contributed by atoms with Gasteiger partial charge < -0.3 is 94.0 Å². The Kier molecular flexibility index (Phi) is 12.5. The average Bonchev–Trinajstić information content (AvgIpc) is 2.99. The van der Waals surface area contributed by atoms with Crippen molar-refractivity contribution in [2.75, 3.05) is 26.2 Å². The van der Waals surface area contributed by atoms with Crippen LogP contribution in [0.5, 0.6) is 0 Å². The molecular weight excluding hydrogens is 602 g/mol. The highest BCUT2D eigenvalue weighted by molar-refractivity contribution is 5.86. The van der Waals surface area contributed by atoms with Crippen LogP contribution in [-0.2, 0) is 23.7 Å². The maximum Gasteiger partial charge on any atom is 0.252 e. The van der Waals surface area contributed by atoms with Gasteiger partial charge in [0.25, 0.3) is 5.91 Å². The number of rotatable bonds is 12. The molecule has 19 N–H and O–H groups in total. The normalized spacial score (nSPS) is 48.9. The number of hydrogen-bond donors (Lipinski definition) is 14. The fourth-order valence-electron chi connectivity index (χ4n) is 6.29. The summed E-state index contributed by atoms with van der Waals surface area (Å²) in [4.78, 5) is 13.0. The molecular formula is C26H51N7O12. The van der Waals surface area contributed by atoms with Gasteiger partial charge in [-0.1, -0.05) is 0 Å². The van der Waals surface area contributed by atoms with Crippen molar-refractivity contribution in [1.29, 1.82) is 0 Å². The Morgan fingerprint density at radius 1 is 0.844 bits per heavy atom. The van der Waals surface area contributed by atoms with E-state index in [1.54, 1.807) is 0 Å². The molecule has 4 fully saturated rings. The zero-order valence-corrected chi connectivity index (χ0v) is 25.0. The van der Waals surface area contributed by atoms with Crippen molar-refractivity contribution in [2.45, 2.75) is 129 Å². The first-order valence-corrected chi connectivity index (χ1v) is 15.3. The van der Waals surface area contributed by atoms with Gasteiger partial charge in [-0.3, -0.25) is 4.79 Å². The van der Waals surface area contributed by atoms with Crippen molar-refractivity contribution >= 4 is 5.91 Å². The van der Waals surface area contributed by atoms with E-state index in [-0.39, 0.29) is 31.8 Å². The first-order chi connectivity index (χ1) is 21.2. The van der Waals surface area contributed by atoms with E-state index in [0.717, 1.165) is 0 Å². The smallest absolute Gasteiger partial charge is 0.252 e. The molecule has 0 radical (unpaired) electrons. The van der Waals surface area contributed by atoms with Crippen molar-refractivity contribution in [2.24, 2.45) is 28.7 Å². The lowest BCUT2D eigenvalue weighted by atomic mass is 9.75. The molecule has 19 nitrogen and oxygen atoms in total. The van der Waals surface area contributed by atoms with Crippen LogP contribution in [0.15, 0.2) is 0 Å². The van der Waals surface area contributed by atoms with Crippen LogP contribution in [0.3, 0.4) is 0 Å². The number of aliphatic hydroxyl groups excluding tert-OH is 6. The molecule has 4 aliphatic rings. The zero-order valence-electron chi connectivity index (χ0n) is 25.0. The average molecular weight is 654 g/mol. The van der Waals surface area contributed by atoms with Crippen molar-refractivity contribution in [3.8, 4) is 0 Å². The van der Waals surface area contributed by atoms with E-state index >= 15 is 0 Å². The van der Waals surface area contributed by atoms with Crippen LogP contribution < -0.4 is 39.3 Å². The van der Waals surface area contributed by atoms with Gasteiger partial charge in [0.05, 0.1) is 24.7 Å². The van der Waals surface area contributed by atoms with E-state index < -0.39 is 110 Å². The molecule has 0 aromatic rings. The number of carbonyl (C=O) groups is 1. The standard InChI is InChI=1S/C26H51N7O12/c27-2-1-3-32-7-12-17(36)18(37)15(31)23(42-12)44-21-10(29)4-11(33-25(40)26(41)5-9(28)6-26)22(20(21)39)45-24-19(38)14(30)16(35)13(8-34)43-24/h9-24,32,34-39,41H,1-8,27-31H2,(H,33,40)/t9?,10-,11+,12+,13+,14-,15+,16+,17+,18+,19+,20-,21?,22-,23+,24+,26?/m0/s1. The van der Waals surface area contributed by atoms with Gasteiger partial charge in [0.15, 0.2) is 12.6 Å². The molecule has 1 amide bonds. The van der Waals surface area contributed by atoms with Crippen molar-refractivity contribution in [1.82, 2.24) is 10.6 Å². The van der Waals surface area contributed by atoms with E-state index in [0.29, 0.717) is 19.5 Å². The summed E-state index contributed by atoms with van der Waals surface area (Å²) in [6.07, 6.45) is -14.7. The summed E-state index contributed by atoms with van der Waals surface area (Å²) in [5.74, 6) is -0.772. The Bertz CT molecular complexity index is 967. The number of carbonyl (C=O) groups excluding carboxylic acids is 1. The molecule has 2 aliphatic carbocycles. The van der Waals surface area contributed by atoms with Crippen molar-refractivity contribution < 1.29 is 59.5 Å². The van der Waals surface area contributed by atoms with E-state index in [2.05, 4.69) is 10.6 Å². The first kappa shape index (κ1) is 36.6. The molecule has 262 valence electrons. The summed E-state index contributed by atoms with van der Waals surface area (Å²) in [6.45, 7) is 0.450. The molecule has 0 aromatic heterocycles. The minimum Gasteiger partial charge on any atom is -0.394 e. The third-order valence-electron chi connectivity index (χ3n) is 9.13. The summed E-state index contributed by atoms with van der Waals surface area (Å²) < 4.78 is 23.4. The Morgan fingerprint density at radius 3 is 2.11 bits per heavy atom. The van der Waals surface area contributed by atoms with E-state index in [4.69, 9.17) is 47.6 Å². The monoisotopic (exact) mass is 653 g/mol. The minimum absolute atomic E-state index is 0.0140. The highest BCUT2D eigenvalue weighted by atomic mass is 16.7. The minimum atomic E-state index is -1.74. The van der Waals surface area contributed by atoms with Gasteiger partial charge in [-0.25, -0.2) is 0 Å². The molecule has 19 heteroatoms. The fourth-order valence-corrected chi connectivity index (χ4v) is 6.29. The maximum absolute atomic E-state index is 13.0. The van der Waals surface area contributed by atoms with Gasteiger partial charge in [-0.2, -0.15) is 0 Å². The second-order valence-corrected chi connectivity index (χ2v) is 12.6. The quantitative estimate of drug-likeness (QED) is 0.0869. The lowest BCUT2D eigenvalue weighted by molar-refractivity contribution is -0.320. The third kappa shape index (κ3) is 7.92. The fraction of sp³-hybridized carbons (Fsp3) is 0.962. The van der Waals surface area contributed by atoms with E-state index in [1.807, 2.05) is 0 Å². The second kappa shape index (κ2) is 15.3. The molecule has 2 saturated carbocycles. The Labute approximate surface area is 260 Å². The SMILES string of the molecule is NCCCNC[C@H]1O[C@H](OC2[C@@H](N)C[C@@H](NC(=O)C3(O)CC(N)C3)[C@H](O[C@H]3O[C@H](CO)[C@@H](O)[C@H](N)[C@H]3O)[C@H]2O)[C@H](N)[C@@H](O)[C@@H]1O. The van der Waals surface area contributed by atoms with Crippen LogP contribution >= 0.6 is 0 Å². The molecule has 2 saturated heterocycles. The van der Waals surface area contributed by atoms with Gasteiger partial charge in [0.2, 0.25) is 0 Å². The van der Waals surface area contributed by atoms with Crippen molar-refractivity contribution in [3.05, 3.63) is 0 Å². The summed E-state index contributed by atoms with van der Waals surface area (Å²) in [5.41, 5.74) is 28.0. The van der Waals surface area contributed by atoms with Crippen molar-refractivity contribution in [3.63, 3.8) is 0 Å². The number of nitrogens with two attached hydrogens (primary N) is 5. The summed E-state index contributed by atoms with van der Waals surface area (Å²) in [7, 11) is 0. The first-order valence-electron chi connectivity index (χ1n) is 15.3. The van der Waals surface area contributed by atoms with Crippen LogP contribution in [0.4, 0.5) is 0 Å². The van der Waals surface area contributed by atoms with E-state index in [1.165, 1.54) is 0 Å². The molecule has 4 rings (SSSR count). The molecule has 0 spiro atoms.